The lowest BCUT2D eigenvalue weighted by Crippen LogP contribution is -2.34. The molecule has 3 amide bonds. The van der Waals surface area contributed by atoms with Gasteiger partial charge in [0.05, 0.1) is 16.8 Å². The lowest BCUT2D eigenvalue weighted by molar-refractivity contribution is -0.141. The number of nitrogens with one attached hydrogen (secondary N) is 1. The molecule has 7 heteroatoms. The highest BCUT2D eigenvalue weighted by Crippen LogP contribution is 2.30. The fourth-order valence-corrected chi connectivity index (χ4v) is 2.95. The van der Waals surface area contributed by atoms with Crippen LogP contribution in [0.25, 0.3) is 10.9 Å². The van der Waals surface area contributed by atoms with E-state index in [1.165, 1.54) is 0 Å². The molecule has 0 radical (unpaired) electrons. The summed E-state index contributed by atoms with van der Waals surface area (Å²) in [7, 11) is 0. The Bertz CT molecular complexity index is 876. The molecule has 1 aromatic carbocycles. The summed E-state index contributed by atoms with van der Waals surface area (Å²) in [5.74, 6) is -0.533. The van der Waals surface area contributed by atoms with Gasteiger partial charge in [-0.15, -0.1) is 0 Å². The van der Waals surface area contributed by atoms with Crippen LogP contribution in [0.3, 0.4) is 0 Å². The molecule has 2 heterocycles. The van der Waals surface area contributed by atoms with E-state index in [4.69, 9.17) is 4.74 Å². The zero-order valence-corrected chi connectivity index (χ0v) is 15.0. The SMILES string of the molecule is Cc1nc2ccccc2c(C(=O)NC(C)C)c1OCN1C(=O)CCC1=O. The highest BCUT2D eigenvalue weighted by atomic mass is 16.5. The Morgan fingerprint density at radius 1 is 1.23 bits per heavy atom. The number of rotatable bonds is 5. The van der Waals surface area contributed by atoms with Gasteiger partial charge < -0.3 is 10.1 Å². The van der Waals surface area contributed by atoms with Crippen LogP contribution in [-0.4, -0.2) is 40.4 Å². The number of ether oxygens (including phenoxy) is 1. The van der Waals surface area contributed by atoms with Gasteiger partial charge in [0.25, 0.3) is 5.91 Å². The molecule has 0 spiro atoms. The molecule has 0 unspecified atom stereocenters. The number of likely N-dealkylation sites (tertiary alicyclic amines) is 1. The van der Waals surface area contributed by atoms with Crippen LogP contribution in [0.15, 0.2) is 24.3 Å². The zero-order valence-electron chi connectivity index (χ0n) is 15.0. The number of fused-ring (bicyclic) bond motifs is 1. The van der Waals surface area contributed by atoms with Gasteiger partial charge in [0, 0.05) is 24.3 Å². The molecule has 1 N–H and O–H groups in total. The van der Waals surface area contributed by atoms with E-state index in [0.29, 0.717) is 22.2 Å². The van der Waals surface area contributed by atoms with Crippen LogP contribution in [0.1, 0.15) is 42.7 Å². The molecule has 1 aromatic heterocycles. The van der Waals surface area contributed by atoms with E-state index in [1.54, 1.807) is 13.0 Å². The van der Waals surface area contributed by atoms with Crippen molar-refractivity contribution in [2.75, 3.05) is 6.73 Å². The first kappa shape index (κ1) is 17.8. The first-order chi connectivity index (χ1) is 12.4. The van der Waals surface area contributed by atoms with E-state index in [-0.39, 0.29) is 49.1 Å². The standard InChI is InChI=1S/C19H21N3O4/c1-11(2)20-19(25)17-13-6-4-5-7-14(13)21-12(3)18(17)26-10-22-15(23)8-9-16(22)24/h4-7,11H,8-10H2,1-3H3,(H,20,25). The minimum atomic E-state index is -0.282. The molecule has 7 nitrogen and oxygen atoms in total. The monoisotopic (exact) mass is 355 g/mol. The van der Waals surface area contributed by atoms with E-state index in [1.807, 2.05) is 32.0 Å². The van der Waals surface area contributed by atoms with Crippen LogP contribution in [0, 0.1) is 6.92 Å². The van der Waals surface area contributed by atoms with E-state index >= 15 is 0 Å². The van der Waals surface area contributed by atoms with Crippen molar-refractivity contribution in [3.63, 3.8) is 0 Å². The van der Waals surface area contributed by atoms with Crippen molar-refractivity contribution in [3.05, 3.63) is 35.5 Å². The maximum absolute atomic E-state index is 12.8. The second kappa shape index (κ2) is 7.11. The smallest absolute Gasteiger partial charge is 0.256 e. The fourth-order valence-electron chi connectivity index (χ4n) is 2.95. The Kier molecular flexibility index (Phi) is 4.88. The van der Waals surface area contributed by atoms with Gasteiger partial charge in [-0.1, -0.05) is 18.2 Å². The Balaban J connectivity index is 2.02. The number of aryl methyl sites for hydroxylation is 1. The van der Waals surface area contributed by atoms with Crippen molar-refractivity contribution in [1.29, 1.82) is 0 Å². The average Bonchev–Trinajstić information content (AvgIpc) is 2.90. The van der Waals surface area contributed by atoms with E-state index in [0.717, 1.165) is 4.90 Å². The van der Waals surface area contributed by atoms with E-state index in [2.05, 4.69) is 10.3 Å². The summed E-state index contributed by atoms with van der Waals surface area (Å²) >= 11 is 0. The highest BCUT2D eigenvalue weighted by molar-refractivity contribution is 6.09. The Hall–Kier alpha value is -2.96. The third-order valence-electron chi connectivity index (χ3n) is 4.16. The summed E-state index contributed by atoms with van der Waals surface area (Å²) in [5.41, 5.74) is 1.57. The van der Waals surface area contributed by atoms with Crippen LogP contribution in [-0.2, 0) is 9.59 Å². The summed E-state index contributed by atoms with van der Waals surface area (Å²) in [6.45, 7) is 5.26. The summed E-state index contributed by atoms with van der Waals surface area (Å²) < 4.78 is 5.76. The summed E-state index contributed by atoms with van der Waals surface area (Å²) in [6, 6.07) is 7.25. The molecule has 0 bridgehead atoms. The fraction of sp³-hybridized carbons (Fsp3) is 0.368. The van der Waals surface area contributed by atoms with Crippen molar-refractivity contribution < 1.29 is 19.1 Å². The maximum Gasteiger partial charge on any atom is 0.256 e. The van der Waals surface area contributed by atoms with E-state index < -0.39 is 0 Å². The Labute approximate surface area is 151 Å². The van der Waals surface area contributed by atoms with Gasteiger partial charge in [0.15, 0.2) is 12.5 Å². The minimum absolute atomic E-state index is 0.0516. The van der Waals surface area contributed by atoms with Crippen molar-refractivity contribution in [2.45, 2.75) is 39.7 Å². The van der Waals surface area contributed by atoms with Gasteiger partial charge in [-0.3, -0.25) is 14.4 Å². The second-order valence-corrected chi connectivity index (χ2v) is 6.54. The van der Waals surface area contributed by atoms with Crippen LogP contribution >= 0.6 is 0 Å². The molecule has 1 saturated heterocycles. The number of aromatic nitrogens is 1. The normalized spacial score (nSPS) is 14.4. The van der Waals surface area contributed by atoms with Crippen LogP contribution in [0.4, 0.5) is 0 Å². The number of nitrogens with zero attached hydrogens (tertiary/aromatic N) is 2. The Morgan fingerprint density at radius 2 is 1.88 bits per heavy atom. The molecule has 1 aliphatic rings. The van der Waals surface area contributed by atoms with Gasteiger partial charge in [-0.25, -0.2) is 9.88 Å². The maximum atomic E-state index is 12.8. The van der Waals surface area contributed by atoms with Crippen molar-refractivity contribution >= 4 is 28.6 Å². The zero-order chi connectivity index (χ0) is 18.8. The minimum Gasteiger partial charge on any atom is -0.470 e. The number of carbonyl (C=O) groups excluding carboxylic acids is 3. The van der Waals surface area contributed by atoms with Crippen LogP contribution in [0.5, 0.6) is 5.75 Å². The topological polar surface area (TPSA) is 88.6 Å². The van der Waals surface area contributed by atoms with Crippen LogP contribution < -0.4 is 10.1 Å². The molecule has 0 aliphatic carbocycles. The number of benzene rings is 1. The molecule has 3 rings (SSSR count). The predicted octanol–water partition coefficient (Wildman–Crippen LogP) is 2.17. The van der Waals surface area contributed by atoms with E-state index in [9.17, 15) is 14.4 Å². The summed E-state index contributed by atoms with van der Waals surface area (Å²) in [4.78, 5) is 42.0. The van der Waals surface area contributed by atoms with Gasteiger partial charge >= 0.3 is 0 Å². The van der Waals surface area contributed by atoms with Gasteiger partial charge in [-0.05, 0) is 26.8 Å². The molecule has 1 fully saturated rings. The number of hydrogen-bond donors (Lipinski definition) is 1. The highest BCUT2D eigenvalue weighted by Gasteiger charge is 2.30. The molecule has 2 aromatic rings. The lowest BCUT2D eigenvalue weighted by atomic mass is 10.1. The quantitative estimate of drug-likeness (QED) is 0.831. The largest absolute Gasteiger partial charge is 0.470 e. The molecule has 0 saturated carbocycles. The lowest BCUT2D eigenvalue weighted by Gasteiger charge is -2.20. The molecule has 136 valence electrons. The number of pyridine rings is 1. The second-order valence-electron chi connectivity index (χ2n) is 6.54. The van der Waals surface area contributed by atoms with Crippen molar-refractivity contribution in [3.8, 4) is 5.75 Å². The Morgan fingerprint density at radius 3 is 2.54 bits per heavy atom. The third kappa shape index (κ3) is 3.37. The number of para-hydroxylation sites is 1. The first-order valence-electron chi connectivity index (χ1n) is 8.54. The van der Waals surface area contributed by atoms with Crippen LogP contribution in [0.2, 0.25) is 0 Å². The third-order valence-corrected chi connectivity index (χ3v) is 4.16. The first-order valence-corrected chi connectivity index (χ1v) is 8.54. The summed E-state index contributed by atoms with van der Waals surface area (Å²) in [6.07, 6.45) is 0.385. The van der Waals surface area contributed by atoms with Crippen molar-refractivity contribution in [2.24, 2.45) is 0 Å². The molecule has 1 aliphatic heterocycles. The number of amides is 3. The number of imide groups is 1. The molecular formula is C19H21N3O4. The predicted molar refractivity (Wildman–Crippen MR) is 95.7 cm³/mol. The average molecular weight is 355 g/mol. The molecule has 0 atom stereocenters. The number of hydrogen-bond acceptors (Lipinski definition) is 5. The number of carbonyl (C=O) groups is 3. The molecular weight excluding hydrogens is 334 g/mol. The van der Waals surface area contributed by atoms with Gasteiger partial charge in [0.1, 0.15) is 0 Å². The molecule has 26 heavy (non-hydrogen) atoms. The van der Waals surface area contributed by atoms with Crippen molar-refractivity contribution in [1.82, 2.24) is 15.2 Å². The van der Waals surface area contributed by atoms with Gasteiger partial charge in [-0.2, -0.15) is 0 Å². The summed E-state index contributed by atoms with van der Waals surface area (Å²) in [5, 5.41) is 3.53. The van der Waals surface area contributed by atoms with Gasteiger partial charge in [0.2, 0.25) is 11.8 Å².